The number of hydrogen-bond acceptors (Lipinski definition) is 5. The van der Waals surface area contributed by atoms with Crippen molar-refractivity contribution in [2.75, 3.05) is 5.32 Å². The lowest BCUT2D eigenvalue weighted by atomic mass is 9.90. The zero-order valence-electron chi connectivity index (χ0n) is 21.2. The lowest BCUT2D eigenvalue weighted by Gasteiger charge is -2.16. The molecule has 0 bridgehead atoms. The molecule has 9 heteroatoms. The van der Waals surface area contributed by atoms with Crippen LogP contribution in [0.1, 0.15) is 80.3 Å². The SMILES string of the molecule is Cc1ccc(NC(=O)C[C@H](CCC(=O)O)c2noc(-c3cc(CC(C)C)nn3C)c2C2CC2)c(Cl)c1. The second-order valence-corrected chi connectivity index (χ2v) is 10.6. The Morgan fingerprint density at radius 3 is 2.67 bits per heavy atom. The van der Waals surface area contributed by atoms with Crippen molar-refractivity contribution in [1.82, 2.24) is 14.9 Å². The topological polar surface area (TPSA) is 110 Å². The van der Waals surface area contributed by atoms with Gasteiger partial charge >= 0.3 is 5.97 Å². The first-order valence-corrected chi connectivity index (χ1v) is 12.8. The Bertz CT molecular complexity index is 1260. The lowest BCUT2D eigenvalue weighted by molar-refractivity contribution is -0.137. The fourth-order valence-corrected chi connectivity index (χ4v) is 4.87. The van der Waals surface area contributed by atoms with Gasteiger partial charge < -0.3 is 14.9 Å². The summed E-state index contributed by atoms with van der Waals surface area (Å²) >= 11 is 6.30. The van der Waals surface area contributed by atoms with Crippen LogP contribution in [-0.4, -0.2) is 31.9 Å². The number of nitrogens with zero attached hydrogens (tertiary/aromatic N) is 3. The standard InChI is InChI=1S/C27H33ClN4O4/c1-15(2)11-19-14-22(32(4)30-19)27-25(17-6-7-17)26(31-36-27)18(8-10-24(34)35)13-23(33)29-21-9-5-16(3)12-20(21)28/h5,9,12,14-15,17-18H,6-8,10-11,13H2,1-4H3,(H,29,33)(H,34,35)/t18-/m0/s1. The Hall–Kier alpha value is -3.13. The number of benzene rings is 1. The van der Waals surface area contributed by atoms with E-state index in [-0.39, 0.29) is 31.1 Å². The van der Waals surface area contributed by atoms with Crippen molar-refractivity contribution in [3.05, 3.63) is 51.8 Å². The molecule has 1 aliphatic carbocycles. The molecule has 1 aromatic carbocycles. The summed E-state index contributed by atoms with van der Waals surface area (Å²) in [7, 11) is 1.89. The van der Waals surface area contributed by atoms with Crippen LogP contribution in [0, 0.1) is 12.8 Å². The molecule has 2 N–H and O–H groups in total. The van der Waals surface area contributed by atoms with Gasteiger partial charge in [0, 0.05) is 31.4 Å². The predicted molar refractivity (Wildman–Crippen MR) is 138 cm³/mol. The highest BCUT2D eigenvalue weighted by Gasteiger charge is 2.37. The van der Waals surface area contributed by atoms with Gasteiger partial charge in [0.05, 0.1) is 22.1 Å². The van der Waals surface area contributed by atoms with Gasteiger partial charge in [-0.05, 0) is 68.2 Å². The third kappa shape index (κ3) is 6.16. The maximum atomic E-state index is 13.0. The van der Waals surface area contributed by atoms with Gasteiger partial charge in [0.1, 0.15) is 5.69 Å². The highest BCUT2D eigenvalue weighted by Crippen LogP contribution is 2.48. The summed E-state index contributed by atoms with van der Waals surface area (Å²) in [6.45, 7) is 6.23. The Morgan fingerprint density at radius 2 is 2.03 bits per heavy atom. The minimum absolute atomic E-state index is 0.0697. The van der Waals surface area contributed by atoms with Gasteiger partial charge in [0.25, 0.3) is 0 Å². The van der Waals surface area contributed by atoms with Crippen LogP contribution in [0.15, 0.2) is 28.8 Å². The zero-order chi connectivity index (χ0) is 26.0. The number of carboxylic acid groups (broad SMARTS) is 1. The van der Waals surface area contributed by atoms with E-state index in [1.54, 1.807) is 12.1 Å². The molecule has 1 aliphatic rings. The van der Waals surface area contributed by atoms with Gasteiger partial charge in [-0.1, -0.05) is 36.7 Å². The van der Waals surface area contributed by atoms with Gasteiger partial charge in [-0.25, -0.2) is 0 Å². The second-order valence-electron chi connectivity index (χ2n) is 10.2. The average Bonchev–Trinajstić information content (AvgIpc) is 3.44. The molecule has 0 spiro atoms. The molecule has 2 aromatic heterocycles. The van der Waals surface area contributed by atoms with E-state index in [2.05, 4.69) is 29.4 Å². The lowest BCUT2D eigenvalue weighted by Crippen LogP contribution is -2.18. The van der Waals surface area contributed by atoms with E-state index < -0.39 is 11.9 Å². The van der Waals surface area contributed by atoms with E-state index in [1.807, 2.05) is 30.8 Å². The highest BCUT2D eigenvalue weighted by atomic mass is 35.5. The largest absolute Gasteiger partial charge is 0.481 e. The van der Waals surface area contributed by atoms with Crippen LogP contribution in [0.25, 0.3) is 11.5 Å². The quantitative estimate of drug-likeness (QED) is 0.321. The van der Waals surface area contributed by atoms with E-state index in [4.69, 9.17) is 16.1 Å². The molecule has 3 aromatic rings. The van der Waals surface area contributed by atoms with Gasteiger partial charge in [-0.3, -0.25) is 14.3 Å². The molecular formula is C27H33ClN4O4. The number of hydrogen-bond donors (Lipinski definition) is 2. The normalized spacial score (nSPS) is 14.3. The summed E-state index contributed by atoms with van der Waals surface area (Å²) in [4.78, 5) is 24.4. The van der Waals surface area contributed by atoms with E-state index in [0.29, 0.717) is 28.1 Å². The molecule has 0 unspecified atom stereocenters. The fraction of sp³-hybridized carbons (Fsp3) is 0.481. The molecule has 0 aliphatic heterocycles. The van der Waals surface area contributed by atoms with Crippen LogP contribution >= 0.6 is 11.6 Å². The smallest absolute Gasteiger partial charge is 0.303 e. The third-order valence-electron chi connectivity index (χ3n) is 6.45. The molecule has 2 heterocycles. The monoisotopic (exact) mass is 512 g/mol. The Morgan fingerprint density at radius 1 is 1.28 bits per heavy atom. The first kappa shape index (κ1) is 25.9. The van der Waals surface area contributed by atoms with Crippen molar-refractivity contribution in [2.45, 2.75) is 71.1 Å². The maximum Gasteiger partial charge on any atom is 0.303 e. The number of aryl methyl sites for hydroxylation is 2. The Balaban J connectivity index is 1.64. The van der Waals surface area contributed by atoms with Crippen molar-refractivity contribution >= 4 is 29.2 Å². The van der Waals surface area contributed by atoms with Crippen LogP contribution in [0.4, 0.5) is 5.69 Å². The van der Waals surface area contributed by atoms with Crippen LogP contribution in [0.5, 0.6) is 0 Å². The summed E-state index contributed by atoms with van der Waals surface area (Å²) < 4.78 is 7.70. The number of carbonyl (C=O) groups excluding carboxylic acids is 1. The number of aromatic nitrogens is 3. The first-order chi connectivity index (χ1) is 17.1. The molecular weight excluding hydrogens is 480 g/mol. The third-order valence-corrected chi connectivity index (χ3v) is 6.76. The summed E-state index contributed by atoms with van der Waals surface area (Å²) in [6, 6.07) is 7.47. The predicted octanol–water partition coefficient (Wildman–Crippen LogP) is 6.09. The van der Waals surface area contributed by atoms with Crippen molar-refractivity contribution < 1.29 is 19.2 Å². The highest BCUT2D eigenvalue weighted by molar-refractivity contribution is 6.33. The van der Waals surface area contributed by atoms with Crippen LogP contribution in [0.3, 0.4) is 0 Å². The second kappa shape index (κ2) is 10.9. The van der Waals surface area contributed by atoms with Gasteiger partial charge in [-0.2, -0.15) is 5.10 Å². The molecule has 0 radical (unpaired) electrons. The van der Waals surface area contributed by atoms with Crippen LogP contribution < -0.4 is 5.32 Å². The van der Waals surface area contributed by atoms with Gasteiger partial charge in [0.2, 0.25) is 5.91 Å². The van der Waals surface area contributed by atoms with E-state index in [0.717, 1.165) is 41.8 Å². The van der Waals surface area contributed by atoms with Gasteiger partial charge in [-0.15, -0.1) is 0 Å². The molecule has 8 nitrogen and oxygen atoms in total. The molecule has 1 atom stereocenters. The number of amides is 1. The first-order valence-electron chi connectivity index (χ1n) is 12.4. The average molecular weight is 513 g/mol. The number of rotatable bonds is 11. The summed E-state index contributed by atoms with van der Waals surface area (Å²) in [5.41, 5.74) is 5.00. The minimum Gasteiger partial charge on any atom is -0.481 e. The van der Waals surface area contributed by atoms with Crippen molar-refractivity contribution in [1.29, 1.82) is 0 Å². The van der Waals surface area contributed by atoms with E-state index in [1.165, 1.54) is 0 Å². The van der Waals surface area contributed by atoms with Crippen molar-refractivity contribution in [3.8, 4) is 11.5 Å². The molecule has 1 fully saturated rings. The molecule has 36 heavy (non-hydrogen) atoms. The molecule has 4 rings (SSSR count). The fourth-order valence-electron chi connectivity index (χ4n) is 4.59. The number of aliphatic carboxylic acids is 1. The van der Waals surface area contributed by atoms with Crippen LogP contribution in [-0.2, 0) is 23.1 Å². The number of carbonyl (C=O) groups is 2. The number of carboxylic acids is 1. The number of nitrogens with one attached hydrogen (secondary N) is 1. The Kier molecular flexibility index (Phi) is 7.83. The minimum atomic E-state index is -0.913. The number of anilines is 1. The molecule has 1 amide bonds. The molecule has 1 saturated carbocycles. The van der Waals surface area contributed by atoms with E-state index in [9.17, 15) is 14.7 Å². The van der Waals surface area contributed by atoms with Gasteiger partial charge in [0.15, 0.2) is 5.76 Å². The zero-order valence-corrected chi connectivity index (χ0v) is 21.9. The summed E-state index contributed by atoms with van der Waals surface area (Å²) in [5.74, 6) is -0.138. The van der Waals surface area contributed by atoms with Crippen molar-refractivity contribution in [3.63, 3.8) is 0 Å². The summed E-state index contributed by atoms with van der Waals surface area (Å²) in [6.07, 6.45) is 3.16. The van der Waals surface area contributed by atoms with E-state index >= 15 is 0 Å². The van der Waals surface area contributed by atoms with Crippen molar-refractivity contribution in [2.24, 2.45) is 13.0 Å². The van der Waals surface area contributed by atoms with Crippen LogP contribution in [0.2, 0.25) is 5.02 Å². The Labute approximate surface area is 216 Å². The number of halogens is 1. The molecule has 0 saturated heterocycles. The maximum absolute atomic E-state index is 13.0. The molecule has 192 valence electrons. The summed E-state index contributed by atoms with van der Waals surface area (Å²) in [5, 5.41) is 21.7.